The van der Waals surface area contributed by atoms with E-state index in [2.05, 4.69) is 49.6 Å². The van der Waals surface area contributed by atoms with E-state index >= 15 is 0 Å². The Labute approximate surface area is 218 Å². The molecule has 1 aliphatic carbocycles. The van der Waals surface area contributed by atoms with E-state index in [1.165, 1.54) is 69.8 Å². The van der Waals surface area contributed by atoms with Gasteiger partial charge in [-0.2, -0.15) is 0 Å². The molecule has 0 unspecified atom stereocenters. The van der Waals surface area contributed by atoms with Crippen LogP contribution in [0.25, 0.3) is 10.8 Å². The van der Waals surface area contributed by atoms with Gasteiger partial charge in [-0.25, -0.2) is 4.39 Å². The molecule has 0 spiro atoms. The van der Waals surface area contributed by atoms with Gasteiger partial charge in [0.15, 0.2) is 0 Å². The van der Waals surface area contributed by atoms with Gasteiger partial charge in [0.1, 0.15) is 5.82 Å². The highest BCUT2D eigenvalue weighted by molar-refractivity contribution is 5.85. The van der Waals surface area contributed by atoms with Crippen LogP contribution in [-0.2, 0) is 12.8 Å². The molecule has 188 valence electrons. The van der Waals surface area contributed by atoms with Crippen molar-refractivity contribution in [2.24, 2.45) is 11.8 Å². The van der Waals surface area contributed by atoms with Gasteiger partial charge in [-0.3, -0.25) is 0 Å². The van der Waals surface area contributed by atoms with Crippen molar-refractivity contribution < 1.29 is 4.39 Å². The summed E-state index contributed by atoms with van der Waals surface area (Å²) in [4.78, 5) is 0. The number of benzene rings is 3. The Morgan fingerprint density at radius 2 is 1.53 bits per heavy atom. The second-order valence-corrected chi connectivity index (χ2v) is 10.7. The minimum Gasteiger partial charge on any atom is -0.206 e. The zero-order valence-electron chi connectivity index (χ0n) is 22.0. The van der Waals surface area contributed by atoms with E-state index in [1.54, 1.807) is 0 Å². The van der Waals surface area contributed by atoms with Gasteiger partial charge in [0.05, 0.1) is 0 Å². The van der Waals surface area contributed by atoms with Gasteiger partial charge in [0.2, 0.25) is 0 Å². The van der Waals surface area contributed by atoms with E-state index in [0.29, 0.717) is 11.8 Å². The lowest BCUT2D eigenvalue weighted by molar-refractivity contribution is 0.249. The summed E-state index contributed by atoms with van der Waals surface area (Å²) in [7, 11) is 0. The zero-order chi connectivity index (χ0) is 25.2. The minimum atomic E-state index is -0.121. The SMILES string of the molecule is C=CCCc1ccc2cc(C#Cc3ccc(CCC4CCC(CCCCC)CC4)cc3)ccc2c1F. The van der Waals surface area contributed by atoms with Gasteiger partial charge in [0.25, 0.3) is 0 Å². The molecule has 0 saturated heterocycles. The summed E-state index contributed by atoms with van der Waals surface area (Å²) in [5.74, 6) is 8.32. The summed E-state index contributed by atoms with van der Waals surface area (Å²) < 4.78 is 14.8. The van der Waals surface area contributed by atoms with Gasteiger partial charge in [-0.1, -0.05) is 107 Å². The number of hydrogen-bond acceptors (Lipinski definition) is 0. The quantitative estimate of drug-likeness (QED) is 0.154. The van der Waals surface area contributed by atoms with Crippen molar-refractivity contribution in [3.05, 3.63) is 95.3 Å². The zero-order valence-corrected chi connectivity index (χ0v) is 22.0. The predicted molar refractivity (Wildman–Crippen MR) is 153 cm³/mol. The molecule has 1 heteroatoms. The minimum absolute atomic E-state index is 0.121. The average Bonchev–Trinajstić information content (AvgIpc) is 2.92. The molecular formula is C35H41F. The number of aryl methyl sites for hydroxylation is 2. The molecule has 3 aromatic rings. The van der Waals surface area contributed by atoms with E-state index in [1.807, 2.05) is 36.4 Å². The van der Waals surface area contributed by atoms with Crippen LogP contribution in [0.1, 0.15) is 93.4 Å². The average molecular weight is 481 g/mol. The first-order chi connectivity index (χ1) is 17.7. The lowest BCUT2D eigenvalue weighted by Crippen LogP contribution is -2.15. The van der Waals surface area contributed by atoms with Gasteiger partial charge < -0.3 is 0 Å². The summed E-state index contributed by atoms with van der Waals surface area (Å²) in [6.07, 6.45) is 17.1. The molecule has 36 heavy (non-hydrogen) atoms. The Morgan fingerprint density at radius 1 is 0.833 bits per heavy atom. The van der Waals surface area contributed by atoms with Crippen molar-refractivity contribution >= 4 is 10.8 Å². The number of rotatable bonds is 10. The summed E-state index contributed by atoms with van der Waals surface area (Å²) in [6.45, 7) is 6.03. The molecule has 0 aliphatic heterocycles. The molecule has 0 heterocycles. The Morgan fingerprint density at radius 3 is 2.25 bits per heavy atom. The lowest BCUT2D eigenvalue weighted by Gasteiger charge is -2.28. The van der Waals surface area contributed by atoms with Gasteiger partial charge in [0, 0.05) is 16.5 Å². The van der Waals surface area contributed by atoms with Crippen LogP contribution < -0.4 is 0 Å². The van der Waals surface area contributed by atoms with Crippen molar-refractivity contribution in [1.29, 1.82) is 0 Å². The van der Waals surface area contributed by atoms with Crippen molar-refractivity contribution in [2.45, 2.75) is 84.0 Å². The van der Waals surface area contributed by atoms with Crippen LogP contribution in [-0.4, -0.2) is 0 Å². The smallest absolute Gasteiger partial charge is 0.134 e. The van der Waals surface area contributed by atoms with Crippen LogP contribution >= 0.6 is 0 Å². The molecule has 3 aromatic carbocycles. The molecule has 0 atom stereocenters. The molecule has 1 fully saturated rings. The maximum absolute atomic E-state index is 14.8. The van der Waals surface area contributed by atoms with Gasteiger partial charge in [-0.05, 0) is 78.3 Å². The Bertz CT molecular complexity index is 1180. The fourth-order valence-corrected chi connectivity index (χ4v) is 5.63. The fourth-order valence-electron chi connectivity index (χ4n) is 5.63. The largest absolute Gasteiger partial charge is 0.206 e. The Balaban J connectivity index is 1.29. The maximum Gasteiger partial charge on any atom is 0.134 e. The Kier molecular flexibility index (Phi) is 9.80. The first kappa shape index (κ1) is 26.2. The topological polar surface area (TPSA) is 0 Å². The number of hydrogen-bond donors (Lipinski definition) is 0. The first-order valence-electron chi connectivity index (χ1n) is 14.1. The molecular weight excluding hydrogens is 439 g/mol. The Hall–Kier alpha value is -2.85. The second-order valence-electron chi connectivity index (χ2n) is 10.7. The van der Waals surface area contributed by atoms with Crippen molar-refractivity contribution in [3.8, 4) is 11.8 Å². The maximum atomic E-state index is 14.8. The number of fused-ring (bicyclic) bond motifs is 1. The van der Waals surface area contributed by atoms with Crippen molar-refractivity contribution in [1.82, 2.24) is 0 Å². The van der Waals surface area contributed by atoms with Crippen LogP contribution in [0, 0.1) is 29.5 Å². The van der Waals surface area contributed by atoms with Crippen LogP contribution in [0.4, 0.5) is 4.39 Å². The molecule has 0 N–H and O–H groups in total. The number of halogens is 1. The van der Waals surface area contributed by atoms with E-state index in [0.717, 1.165) is 40.3 Å². The van der Waals surface area contributed by atoms with Crippen LogP contribution in [0.2, 0.25) is 0 Å². The molecule has 1 saturated carbocycles. The highest BCUT2D eigenvalue weighted by atomic mass is 19.1. The first-order valence-corrected chi connectivity index (χ1v) is 14.1. The molecule has 4 rings (SSSR count). The molecule has 0 amide bonds. The molecule has 0 radical (unpaired) electrons. The molecule has 1 aliphatic rings. The van der Waals surface area contributed by atoms with Crippen LogP contribution in [0.5, 0.6) is 0 Å². The third-order valence-electron chi connectivity index (χ3n) is 7.98. The fraction of sp³-hybridized carbons (Fsp3) is 0.429. The standard InChI is InChI=1S/C35H41F/c1-3-5-7-8-27-10-12-28(13-11-27)14-15-29-16-18-30(19-17-29)20-21-31-22-25-34-33(26-31)24-23-32(35(34)36)9-6-4-2/h4,16-19,22-28H,2-3,5-15H2,1H3. The highest BCUT2D eigenvalue weighted by Crippen LogP contribution is 2.34. The van der Waals surface area contributed by atoms with Crippen LogP contribution in [0.3, 0.4) is 0 Å². The lowest BCUT2D eigenvalue weighted by atomic mass is 9.78. The van der Waals surface area contributed by atoms with E-state index in [4.69, 9.17) is 0 Å². The van der Waals surface area contributed by atoms with E-state index < -0.39 is 0 Å². The monoisotopic (exact) mass is 480 g/mol. The van der Waals surface area contributed by atoms with Gasteiger partial charge in [-0.15, -0.1) is 6.58 Å². The van der Waals surface area contributed by atoms with Crippen molar-refractivity contribution in [2.75, 3.05) is 0 Å². The van der Waals surface area contributed by atoms with E-state index in [9.17, 15) is 4.39 Å². The summed E-state index contributed by atoms with van der Waals surface area (Å²) in [5, 5.41) is 1.56. The highest BCUT2D eigenvalue weighted by Gasteiger charge is 2.20. The third kappa shape index (κ3) is 7.33. The number of allylic oxidation sites excluding steroid dienone is 1. The van der Waals surface area contributed by atoms with Gasteiger partial charge >= 0.3 is 0 Å². The van der Waals surface area contributed by atoms with Crippen LogP contribution in [0.15, 0.2) is 67.3 Å². The van der Waals surface area contributed by atoms with E-state index in [-0.39, 0.29) is 5.82 Å². The second kappa shape index (κ2) is 13.5. The predicted octanol–water partition coefficient (Wildman–Crippen LogP) is 9.82. The summed E-state index contributed by atoms with van der Waals surface area (Å²) in [5.41, 5.74) is 4.10. The third-order valence-corrected chi connectivity index (χ3v) is 7.98. The van der Waals surface area contributed by atoms with Crippen molar-refractivity contribution in [3.63, 3.8) is 0 Å². The summed E-state index contributed by atoms with van der Waals surface area (Å²) >= 11 is 0. The molecule has 0 aromatic heterocycles. The molecule has 0 nitrogen and oxygen atoms in total. The molecule has 0 bridgehead atoms. The normalized spacial score (nSPS) is 17.5. The summed E-state index contributed by atoms with van der Waals surface area (Å²) in [6, 6.07) is 18.4. The number of unbranched alkanes of at least 4 members (excludes halogenated alkanes) is 2.